The second kappa shape index (κ2) is 7.51. The number of rotatable bonds is 3. The number of anilines is 2. The van der Waals surface area contributed by atoms with E-state index in [-0.39, 0.29) is 17.6 Å². The number of nitrogens with one attached hydrogen (secondary N) is 1. The zero-order chi connectivity index (χ0) is 19.8. The number of piperidine rings is 1. The van der Waals surface area contributed by atoms with Crippen molar-refractivity contribution in [2.75, 3.05) is 23.3 Å². The average molecular weight is 398 g/mol. The number of benzene rings is 2. The van der Waals surface area contributed by atoms with Crippen LogP contribution < -0.4 is 10.2 Å². The van der Waals surface area contributed by atoms with Crippen LogP contribution in [0.25, 0.3) is 10.2 Å². The number of aromatic nitrogens is 1. The lowest BCUT2D eigenvalue weighted by molar-refractivity contribution is -0.120. The maximum absolute atomic E-state index is 14.0. The summed E-state index contributed by atoms with van der Waals surface area (Å²) in [7, 11) is 0. The Hall–Kier alpha value is -2.47. The molecule has 1 atom stereocenters. The third kappa shape index (κ3) is 3.61. The highest BCUT2D eigenvalue weighted by atomic mass is 32.1. The Balaban J connectivity index is 1.52. The second-order valence-electron chi connectivity index (χ2n) is 7.63. The van der Waals surface area contributed by atoms with Gasteiger partial charge in [-0.15, -0.1) is 0 Å². The van der Waals surface area contributed by atoms with Crippen LogP contribution in [-0.2, 0) is 4.79 Å². The zero-order valence-electron chi connectivity index (χ0n) is 16.4. The predicted octanol–water partition coefficient (Wildman–Crippen LogP) is 5.22. The predicted molar refractivity (Wildman–Crippen MR) is 114 cm³/mol. The summed E-state index contributed by atoms with van der Waals surface area (Å²) in [4.78, 5) is 19.6. The fourth-order valence-electron chi connectivity index (χ4n) is 4.01. The average Bonchev–Trinajstić information content (AvgIpc) is 3.10. The van der Waals surface area contributed by atoms with Crippen LogP contribution in [0, 0.1) is 32.5 Å². The number of carbonyl (C=O) groups is 1. The number of fused-ring (bicyclic) bond motifs is 1. The molecule has 2 aromatic carbocycles. The van der Waals surface area contributed by atoms with Crippen molar-refractivity contribution in [1.29, 1.82) is 0 Å². The van der Waals surface area contributed by atoms with Gasteiger partial charge in [-0.05, 0) is 56.9 Å². The summed E-state index contributed by atoms with van der Waals surface area (Å²) < 4.78 is 14.8. The Bertz CT molecular complexity index is 1020. The van der Waals surface area contributed by atoms with Gasteiger partial charge in [0.25, 0.3) is 0 Å². The summed E-state index contributed by atoms with van der Waals surface area (Å²) in [5.74, 6) is -0.352. The van der Waals surface area contributed by atoms with E-state index in [9.17, 15) is 9.18 Å². The van der Waals surface area contributed by atoms with E-state index in [2.05, 4.69) is 34.3 Å². The summed E-state index contributed by atoms with van der Waals surface area (Å²) in [6, 6.07) is 9.20. The molecule has 0 saturated carbocycles. The summed E-state index contributed by atoms with van der Waals surface area (Å²) >= 11 is 1.49. The Kier molecular flexibility index (Phi) is 5.06. The lowest BCUT2D eigenvalue weighted by Crippen LogP contribution is -2.40. The number of hydrogen-bond donors (Lipinski definition) is 1. The molecular weight excluding hydrogens is 373 g/mol. The highest BCUT2D eigenvalue weighted by Gasteiger charge is 2.28. The van der Waals surface area contributed by atoms with Gasteiger partial charge in [-0.3, -0.25) is 4.79 Å². The summed E-state index contributed by atoms with van der Waals surface area (Å²) in [6.07, 6.45) is 1.77. The fourth-order valence-corrected chi connectivity index (χ4v) is 5.02. The van der Waals surface area contributed by atoms with E-state index in [1.54, 1.807) is 6.07 Å². The topological polar surface area (TPSA) is 45.2 Å². The molecule has 6 heteroatoms. The minimum absolute atomic E-state index is 0.0482. The minimum Gasteiger partial charge on any atom is -0.347 e. The number of halogens is 1. The van der Waals surface area contributed by atoms with Crippen LogP contribution in [0.4, 0.5) is 15.2 Å². The molecule has 1 aliphatic heterocycles. The molecule has 0 aliphatic carbocycles. The quantitative estimate of drug-likeness (QED) is 0.659. The lowest BCUT2D eigenvalue weighted by Gasteiger charge is -2.32. The van der Waals surface area contributed by atoms with Crippen molar-refractivity contribution in [1.82, 2.24) is 4.98 Å². The third-order valence-electron chi connectivity index (χ3n) is 5.35. The molecular formula is C22H24FN3OS. The second-order valence-corrected chi connectivity index (χ2v) is 8.64. The maximum Gasteiger partial charge on any atom is 0.229 e. The van der Waals surface area contributed by atoms with E-state index in [0.29, 0.717) is 12.1 Å². The number of aryl methyl sites for hydroxylation is 3. The van der Waals surface area contributed by atoms with Gasteiger partial charge in [0.1, 0.15) is 11.3 Å². The van der Waals surface area contributed by atoms with Crippen LogP contribution in [0.5, 0.6) is 0 Å². The molecule has 3 aromatic rings. The van der Waals surface area contributed by atoms with Crippen LogP contribution in [-0.4, -0.2) is 24.0 Å². The van der Waals surface area contributed by atoms with E-state index in [1.807, 2.05) is 19.9 Å². The van der Waals surface area contributed by atoms with Gasteiger partial charge >= 0.3 is 0 Å². The van der Waals surface area contributed by atoms with Crippen LogP contribution >= 0.6 is 11.3 Å². The third-order valence-corrected chi connectivity index (χ3v) is 6.43. The first-order chi connectivity index (χ1) is 13.4. The minimum atomic E-state index is -0.295. The first kappa shape index (κ1) is 18.9. The molecule has 0 spiro atoms. The van der Waals surface area contributed by atoms with E-state index in [0.717, 1.165) is 46.0 Å². The molecule has 2 heterocycles. The van der Waals surface area contributed by atoms with E-state index in [4.69, 9.17) is 0 Å². The number of thiazole rings is 1. The first-order valence-electron chi connectivity index (χ1n) is 9.61. The standard InChI is InChI=1S/C22H24FN3OS/c1-13-10-14(2)19(15(3)11-13)24-21(27)16-6-5-9-26(12-16)22-25-20-17(23)7-4-8-18(20)28-22/h4,7-8,10-11,16H,5-6,9,12H2,1-3H3,(H,24,27). The normalized spacial score (nSPS) is 17.1. The van der Waals surface area contributed by atoms with Gasteiger partial charge in [0.05, 0.1) is 10.6 Å². The van der Waals surface area contributed by atoms with Gasteiger partial charge in [-0.25, -0.2) is 9.37 Å². The molecule has 1 amide bonds. The molecule has 4 rings (SSSR count). The van der Waals surface area contributed by atoms with Crippen LogP contribution in [0.3, 0.4) is 0 Å². The number of nitrogens with zero attached hydrogens (tertiary/aromatic N) is 2. The molecule has 1 saturated heterocycles. The van der Waals surface area contributed by atoms with Crippen molar-refractivity contribution in [3.63, 3.8) is 0 Å². The van der Waals surface area contributed by atoms with Crippen molar-refractivity contribution in [3.8, 4) is 0 Å². The van der Waals surface area contributed by atoms with Gasteiger partial charge < -0.3 is 10.2 Å². The summed E-state index contributed by atoms with van der Waals surface area (Å²) in [5, 5.41) is 3.93. The molecule has 28 heavy (non-hydrogen) atoms. The molecule has 1 aromatic heterocycles. The fraction of sp³-hybridized carbons (Fsp3) is 0.364. The summed E-state index contributed by atoms with van der Waals surface area (Å²) in [6.45, 7) is 7.56. The highest BCUT2D eigenvalue weighted by molar-refractivity contribution is 7.22. The molecule has 1 N–H and O–H groups in total. The molecule has 1 fully saturated rings. The van der Waals surface area contributed by atoms with E-state index >= 15 is 0 Å². The number of hydrogen-bond acceptors (Lipinski definition) is 4. The number of para-hydroxylation sites is 1. The number of carbonyl (C=O) groups excluding carboxylic acids is 1. The first-order valence-corrected chi connectivity index (χ1v) is 10.4. The summed E-state index contributed by atoms with van der Waals surface area (Å²) in [5.41, 5.74) is 4.69. The van der Waals surface area contributed by atoms with Gasteiger partial charge in [-0.1, -0.05) is 35.1 Å². The van der Waals surface area contributed by atoms with Crippen molar-refractivity contribution in [3.05, 3.63) is 52.8 Å². The molecule has 1 unspecified atom stereocenters. The molecule has 0 bridgehead atoms. The van der Waals surface area contributed by atoms with E-state index in [1.165, 1.54) is 23.0 Å². The Labute approximate surface area is 168 Å². The maximum atomic E-state index is 14.0. The molecule has 146 valence electrons. The molecule has 0 radical (unpaired) electrons. The number of amides is 1. The van der Waals surface area contributed by atoms with Crippen molar-refractivity contribution in [2.45, 2.75) is 33.6 Å². The lowest BCUT2D eigenvalue weighted by atomic mass is 9.96. The zero-order valence-corrected chi connectivity index (χ0v) is 17.2. The van der Waals surface area contributed by atoms with Gasteiger partial charge in [-0.2, -0.15) is 0 Å². The van der Waals surface area contributed by atoms with Gasteiger partial charge in [0, 0.05) is 18.8 Å². The molecule has 1 aliphatic rings. The van der Waals surface area contributed by atoms with E-state index < -0.39 is 0 Å². The monoisotopic (exact) mass is 397 g/mol. The smallest absolute Gasteiger partial charge is 0.229 e. The highest BCUT2D eigenvalue weighted by Crippen LogP contribution is 2.33. The van der Waals surface area contributed by atoms with Crippen molar-refractivity contribution in [2.24, 2.45) is 5.92 Å². The van der Waals surface area contributed by atoms with Crippen LogP contribution in [0.1, 0.15) is 29.5 Å². The largest absolute Gasteiger partial charge is 0.347 e. The van der Waals surface area contributed by atoms with Gasteiger partial charge in [0.2, 0.25) is 5.91 Å². The Morgan fingerprint density at radius 2 is 2.00 bits per heavy atom. The SMILES string of the molecule is Cc1cc(C)c(NC(=O)C2CCCN(c3nc4c(F)cccc4s3)C2)c(C)c1. The van der Waals surface area contributed by atoms with Gasteiger partial charge in [0.15, 0.2) is 5.13 Å². The van der Waals surface area contributed by atoms with Crippen LogP contribution in [0.15, 0.2) is 30.3 Å². The van der Waals surface area contributed by atoms with Crippen molar-refractivity contribution < 1.29 is 9.18 Å². The Morgan fingerprint density at radius 1 is 1.25 bits per heavy atom. The molecule has 4 nitrogen and oxygen atoms in total. The van der Waals surface area contributed by atoms with Crippen molar-refractivity contribution >= 4 is 38.3 Å². The van der Waals surface area contributed by atoms with Crippen LogP contribution in [0.2, 0.25) is 0 Å². The Morgan fingerprint density at radius 3 is 2.71 bits per heavy atom.